The van der Waals surface area contributed by atoms with Crippen LogP contribution in [0.3, 0.4) is 0 Å². The molecule has 1 fully saturated rings. The maximum absolute atomic E-state index is 13.2. The van der Waals surface area contributed by atoms with Crippen molar-refractivity contribution in [3.05, 3.63) is 59.9 Å². The van der Waals surface area contributed by atoms with E-state index < -0.39 is 0 Å². The molecular formula is C27H36FN5O3. The molecule has 9 heteroatoms. The second kappa shape index (κ2) is 12.4. The summed E-state index contributed by atoms with van der Waals surface area (Å²) in [7, 11) is 0. The van der Waals surface area contributed by atoms with Crippen LogP contribution in [0.15, 0.2) is 48.5 Å². The van der Waals surface area contributed by atoms with Gasteiger partial charge in [0.2, 0.25) is 11.8 Å². The highest BCUT2D eigenvalue weighted by Gasteiger charge is 2.22. The highest BCUT2D eigenvalue weighted by molar-refractivity contribution is 5.94. The second-order valence-electron chi connectivity index (χ2n) is 9.65. The summed E-state index contributed by atoms with van der Waals surface area (Å²) in [6.45, 7) is 10.3. The van der Waals surface area contributed by atoms with Gasteiger partial charge in [-0.1, -0.05) is 26.0 Å². The fourth-order valence-corrected chi connectivity index (χ4v) is 4.02. The summed E-state index contributed by atoms with van der Waals surface area (Å²) in [5, 5.41) is 5.78. The van der Waals surface area contributed by atoms with Crippen molar-refractivity contribution in [1.29, 1.82) is 0 Å². The van der Waals surface area contributed by atoms with Gasteiger partial charge in [0.25, 0.3) is 0 Å². The standard InChI is InChI=1S/C27H36FN5O3/c1-19(2)26(35)33(17-21-5-7-22(28)8-6-21)18-25(34)30-23-9-11-24(12-10-23)31-13-15-32(16-14-31)27(36)29-20(3)4/h5-12,19-20H,13-18H2,1-4H3,(H,29,36)(H,30,34). The van der Waals surface area contributed by atoms with Gasteiger partial charge in [-0.25, -0.2) is 9.18 Å². The number of halogens is 1. The zero-order valence-electron chi connectivity index (χ0n) is 21.5. The molecule has 2 aromatic carbocycles. The van der Waals surface area contributed by atoms with Gasteiger partial charge in [0.05, 0.1) is 0 Å². The minimum Gasteiger partial charge on any atom is -0.368 e. The first-order valence-corrected chi connectivity index (χ1v) is 12.4. The molecule has 0 spiro atoms. The summed E-state index contributed by atoms with van der Waals surface area (Å²) in [6.07, 6.45) is 0. The number of rotatable bonds is 8. The highest BCUT2D eigenvalue weighted by Crippen LogP contribution is 2.20. The third-order valence-electron chi connectivity index (χ3n) is 5.92. The Hall–Kier alpha value is -3.62. The van der Waals surface area contributed by atoms with E-state index in [1.807, 2.05) is 43.0 Å². The molecule has 36 heavy (non-hydrogen) atoms. The van der Waals surface area contributed by atoms with E-state index in [2.05, 4.69) is 15.5 Å². The lowest BCUT2D eigenvalue weighted by Crippen LogP contribution is -2.52. The Labute approximate surface area is 212 Å². The molecule has 1 saturated heterocycles. The maximum atomic E-state index is 13.2. The van der Waals surface area contributed by atoms with Crippen molar-refractivity contribution in [3.63, 3.8) is 0 Å². The Kier molecular flexibility index (Phi) is 9.27. The number of amides is 4. The molecule has 0 radical (unpaired) electrons. The number of hydrogen-bond donors (Lipinski definition) is 2. The van der Waals surface area contributed by atoms with E-state index in [0.717, 1.165) is 24.3 Å². The van der Waals surface area contributed by atoms with Crippen molar-refractivity contribution >= 4 is 29.2 Å². The summed E-state index contributed by atoms with van der Waals surface area (Å²) >= 11 is 0. The predicted molar refractivity (Wildman–Crippen MR) is 139 cm³/mol. The van der Waals surface area contributed by atoms with Crippen LogP contribution in [-0.2, 0) is 16.1 Å². The zero-order chi connectivity index (χ0) is 26.2. The molecule has 2 N–H and O–H groups in total. The Morgan fingerprint density at radius 2 is 1.53 bits per heavy atom. The maximum Gasteiger partial charge on any atom is 0.317 e. The van der Waals surface area contributed by atoms with Crippen LogP contribution in [0.4, 0.5) is 20.6 Å². The van der Waals surface area contributed by atoms with E-state index in [0.29, 0.717) is 18.8 Å². The molecule has 4 amide bonds. The van der Waals surface area contributed by atoms with Gasteiger partial charge in [0, 0.05) is 56.1 Å². The molecule has 0 unspecified atom stereocenters. The topological polar surface area (TPSA) is 85.0 Å². The first-order valence-electron chi connectivity index (χ1n) is 12.4. The van der Waals surface area contributed by atoms with Crippen molar-refractivity contribution in [2.45, 2.75) is 40.3 Å². The van der Waals surface area contributed by atoms with E-state index in [4.69, 9.17) is 0 Å². The van der Waals surface area contributed by atoms with Crippen LogP contribution < -0.4 is 15.5 Å². The van der Waals surface area contributed by atoms with E-state index in [-0.39, 0.29) is 48.7 Å². The summed E-state index contributed by atoms with van der Waals surface area (Å²) in [4.78, 5) is 43.1. The number of nitrogens with zero attached hydrogens (tertiary/aromatic N) is 3. The number of carbonyl (C=O) groups excluding carboxylic acids is 3. The molecule has 1 heterocycles. The number of hydrogen-bond acceptors (Lipinski definition) is 4. The molecule has 0 bridgehead atoms. The largest absolute Gasteiger partial charge is 0.368 e. The number of nitrogens with one attached hydrogen (secondary N) is 2. The van der Waals surface area contributed by atoms with Crippen LogP contribution in [0, 0.1) is 11.7 Å². The normalized spacial score (nSPS) is 13.6. The molecular weight excluding hydrogens is 461 g/mol. The first kappa shape index (κ1) is 27.0. The van der Waals surface area contributed by atoms with Crippen LogP contribution in [0.25, 0.3) is 0 Å². The van der Waals surface area contributed by atoms with E-state index >= 15 is 0 Å². The van der Waals surface area contributed by atoms with Crippen molar-refractivity contribution in [3.8, 4) is 0 Å². The lowest BCUT2D eigenvalue weighted by atomic mass is 10.1. The van der Waals surface area contributed by atoms with Gasteiger partial charge in [0.15, 0.2) is 0 Å². The van der Waals surface area contributed by atoms with E-state index in [9.17, 15) is 18.8 Å². The third kappa shape index (κ3) is 7.69. The average Bonchev–Trinajstić information content (AvgIpc) is 2.84. The van der Waals surface area contributed by atoms with Gasteiger partial charge in [-0.15, -0.1) is 0 Å². The van der Waals surface area contributed by atoms with Crippen LogP contribution in [-0.4, -0.2) is 66.4 Å². The average molecular weight is 498 g/mol. The van der Waals surface area contributed by atoms with E-state index in [1.165, 1.54) is 17.0 Å². The quantitative estimate of drug-likeness (QED) is 0.583. The Morgan fingerprint density at radius 1 is 0.917 bits per heavy atom. The Bertz CT molecular complexity index is 1030. The number of urea groups is 1. The molecule has 0 atom stereocenters. The van der Waals surface area contributed by atoms with Gasteiger partial charge < -0.3 is 25.3 Å². The summed E-state index contributed by atoms with van der Waals surface area (Å²) < 4.78 is 13.2. The van der Waals surface area contributed by atoms with Crippen molar-refractivity contribution < 1.29 is 18.8 Å². The van der Waals surface area contributed by atoms with Gasteiger partial charge in [0.1, 0.15) is 12.4 Å². The fourth-order valence-electron chi connectivity index (χ4n) is 4.02. The van der Waals surface area contributed by atoms with Crippen LogP contribution in [0.5, 0.6) is 0 Å². The van der Waals surface area contributed by atoms with Crippen molar-refractivity contribution in [1.82, 2.24) is 15.1 Å². The van der Waals surface area contributed by atoms with Crippen molar-refractivity contribution in [2.24, 2.45) is 5.92 Å². The molecule has 3 rings (SSSR count). The van der Waals surface area contributed by atoms with Crippen LogP contribution in [0.1, 0.15) is 33.3 Å². The minimum atomic E-state index is -0.347. The lowest BCUT2D eigenvalue weighted by molar-refractivity contribution is -0.138. The minimum absolute atomic E-state index is 0.0351. The third-order valence-corrected chi connectivity index (χ3v) is 5.92. The molecule has 1 aliphatic heterocycles. The van der Waals surface area contributed by atoms with Crippen LogP contribution in [0.2, 0.25) is 0 Å². The number of piperazine rings is 1. The predicted octanol–water partition coefficient (Wildman–Crippen LogP) is 3.69. The number of anilines is 2. The summed E-state index contributed by atoms with van der Waals surface area (Å²) in [5.74, 6) is -1.07. The molecule has 0 aliphatic carbocycles. The van der Waals surface area contributed by atoms with Gasteiger partial charge >= 0.3 is 6.03 Å². The summed E-state index contributed by atoms with van der Waals surface area (Å²) in [5.41, 5.74) is 2.41. The SMILES string of the molecule is CC(C)NC(=O)N1CCN(c2ccc(NC(=O)CN(Cc3ccc(F)cc3)C(=O)C(C)C)cc2)CC1. The van der Waals surface area contributed by atoms with Crippen molar-refractivity contribution in [2.75, 3.05) is 42.9 Å². The molecule has 194 valence electrons. The molecule has 0 aromatic heterocycles. The smallest absolute Gasteiger partial charge is 0.317 e. The number of benzene rings is 2. The zero-order valence-corrected chi connectivity index (χ0v) is 21.5. The second-order valence-corrected chi connectivity index (χ2v) is 9.65. The Balaban J connectivity index is 1.55. The monoisotopic (exact) mass is 497 g/mol. The molecule has 0 saturated carbocycles. The summed E-state index contributed by atoms with van der Waals surface area (Å²) in [6, 6.07) is 13.5. The lowest BCUT2D eigenvalue weighted by Gasteiger charge is -2.36. The van der Waals surface area contributed by atoms with Gasteiger partial charge in [-0.2, -0.15) is 0 Å². The molecule has 8 nitrogen and oxygen atoms in total. The van der Waals surface area contributed by atoms with E-state index in [1.54, 1.807) is 26.0 Å². The fraction of sp³-hybridized carbons (Fsp3) is 0.444. The molecule has 1 aliphatic rings. The van der Waals surface area contributed by atoms with Crippen LogP contribution >= 0.6 is 0 Å². The highest BCUT2D eigenvalue weighted by atomic mass is 19.1. The number of carbonyl (C=O) groups is 3. The Morgan fingerprint density at radius 3 is 2.08 bits per heavy atom. The molecule has 2 aromatic rings. The van der Waals surface area contributed by atoms with Gasteiger partial charge in [-0.3, -0.25) is 9.59 Å². The van der Waals surface area contributed by atoms with Gasteiger partial charge in [-0.05, 0) is 55.8 Å². The first-order chi connectivity index (χ1) is 17.1.